The number of carbonyl (C=O) groups is 1. The molecule has 1 aromatic heterocycles. The highest BCUT2D eigenvalue weighted by Gasteiger charge is 2.20. The normalized spacial score (nSPS) is 11.0. The molecule has 0 unspecified atom stereocenters. The number of benzene rings is 1. The summed E-state index contributed by atoms with van der Waals surface area (Å²) in [5, 5.41) is 4.22. The van der Waals surface area contributed by atoms with Crippen molar-refractivity contribution in [2.75, 3.05) is 0 Å². The summed E-state index contributed by atoms with van der Waals surface area (Å²) in [6.07, 6.45) is 1.65. The van der Waals surface area contributed by atoms with Gasteiger partial charge in [-0.25, -0.2) is 0 Å². The SMILES string of the molecule is CC(C)n1ncc(Br)c1C(=O)c1ccc(CN)cc1. The Balaban J connectivity index is 2.40. The zero-order valence-electron chi connectivity index (χ0n) is 10.9. The molecule has 0 bridgehead atoms. The first-order valence-corrected chi connectivity index (χ1v) is 6.90. The fraction of sp³-hybridized carbons (Fsp3) is 0.286. The van der Waals surface area contributed by atoms with Crippen molar-refractivity contribution in [2.24, 2.45) is 5.73 Å². The van der Waals surface area contributed by atoms with Crippen LogP contribution in [0.5, 0.6) is 0 Å². The number of hydrogen-bond acceptors (Lipinski definition) is 3. The maximum Gasteiger partial charge on any atom is 0.212 e. The molecule has 0 aliphatic heterocycles. The van der Waals surface area contributed by atoms with E-state index in [1.54, 1.807) is 23.0 Å². The summed E-state index contributed by atoms with van der Waals surface area (Å²) in [4.78, 5) is 12.5. The van der Waals surface area contributed by atoms with Crippen LogP contribution in [0.15, 0.2) is 34.9 Å². The van der Waals surface area contributed by atoms with Crippen LogP contribution >= 0.6 is 15.9 Å². The maximum atomic E-state index is 12.5. The lowest BCUT2D eigenvalue weighted by atomic mass is 10.1. The second kappa shape index (κ2) is 5.67. The standard InChI is InChI=1S/C14H16BrN3O/c1-9(2)18-13(12(15)8-17-18)14(19)11-5-3-10(7-16)4-6-11/h3-6,8-9H,7,16H2,1-2H3. The van der Waals surface area contributed by atoms with Crippen molar-refractivity contribution in [1.82, 2.24) is 9.78 Å². The highest BCUT2D eigenvalue weighted by molar-refractivity contribution is 9.10. The van der Waals surface area contributed by atoms with Gasteiger partial charge in [0.2, 0.25) is 5.78 Å². The topological polar surface area (TPSA) is 60.9 Å². The largest absolute Gasteiger partial charge is 0.326 e. The molecule has 0 spiro atoms. The second-order valence-electron chi connectivity index (χ2n) is 4.61. The minimum Gasteiger partial charge on any atom is -0.326 e. The Labute approximate surface area is 120 Å². The number of hydrogen-bond donors (Lipinski definition) is 1. The van der Waals surface area contributed by atoms with Gasteiger partial charge < -0.3 is 5.73 Å². The van der Waals surface area contributed by atoms with Crippen LogP contribution in [0, 0.1) is 0 Å². The lowest BCUT2D eigenvalue weighted by Gasteiger charge is -2.10. The fourth-order valence-corrected chi connectivity index (χ4v) is 2.33. The minimum atomic E-state index is -0.0401. The fourth-order valence-electron chi connectivity index (χ4n) is 1.87. The average molecular weight is 322 g/mol. The summed E-state index contributed by atoms with van der Waals surface area (Å²) in [7, 11) is 0. The minimum absolute atomic E-state index is 0.0401. The number of ketones is 1. The van der Waals surface area contributed by atoms with E-state index in [0.717, 1.165) is 5.56 Å². The molecule has 0 fully saturated rings. The van der Waals surface area contributed by atoms with Crippen LogP contribution in [0.3, 0.4) is 0 Å². The Morgan fingerprint density at radius 2 is 2.00 bits per heavy atom. The van der Waals surface area contributed by atoms with Gasteiger partial charge in [0, 0.05) is 18.2 Å². The average Bonchev–Trinajstić information content (AvgIpc) is 2.80. The highest BCUT2D eigenvalue weighted by atomic mass is 79.9. The molecule has 0 atom stereocenters. The lowest BCUT2D eigenvalue weighted by Crippen LogP contribution is -2.14. The molecule has 100 valence electrons. The van der Waals surface area contributed by atoms with Crippen molar-refractivity contribution in [1.29, 1.82) is 0 Å². The third kappa shape index (κ3) is 2.77. The van der Waals surface area contributed by atoms with Crippen molar-refractivity contribution < 1.29 is 4.79 Å². The predicted octanol–water partition coefficient (Wildman–Crippen LogP) is 2.92. The van der Waals surface area contributed by atoms with Gasteiger partial charge in [-0.3, -0.25) is 9.48 Å². The number of halogens is 1. The molecular weight excluding hydrogens is 306 g/mol. The number of carbonyl (C=O) groups excluding carboxylic acids is 1. The zero-order chi connectivity index (χ0) is 14.0. The van der Waals surface area contributed by atoms with Crippen LogP contribution in [-0.4, -0.2) is 15.6 Å². The number of nitrogens with zero attached hydrogens (tertiary/aromatic N) is 2. The van der Waals surface area contributed by atoms with Gasteiger partial charge in [-0.15, -0.1) is 0 Å². The molecule has 2 aromatic rings. The van der Waals surface area contributed by atoms with Gasteiger partial charge in [0.1, 0.15) is 5.69 Å². The van der Waals surface area contributed by atoms with E-state index in [9.17, 15) is 4.79 Å². The summed E-state index contributed by atoms with van der Waals surface area (Å²) in [5.41, 5.74) is 7.78. The summed E-state index contributed by atoms with van der Waals surface area (Å²) in [6, 6.07) is 7.48. The summed E-state index contributed by atoms with van der Waals surface area (Å²) >= 11 is 3.39. The Kier molecular flexibility index (Phi) is 4.17. The van der Waals surface area contributed by atoms with Crippen molar-refractivity contribution in [3.8, 4) is 0 Å². The summed E-state index contributed by atoms with van der Waals surface area (Å²) in [5.74, 6) is -0.0401. The molecule has 2 N–H and O–H groups in total. The van der Waals surface area contributed by atoms with Crippen molar-refractivity contribution in [3.63, 3.8) is 0 Å². The van der Waals surface area contributed by atoms with Gasteiger partial charge in [-0.1, -0.05) is 24.3 Å². The van der Waals surface area contributed by atoms with E-state index in [-0.39, 0.29) is 11.8 Å². The third-order valence-electron chi connectivity index (χ3n) is 2.91. The van der Waals surface area contributed by atoms with E-state index in [1.165, 1.54) is 0 Å². The number of nitrogens with two attached hydrogens (primary N) is 1. The Hall–Kier alpha value is -1.46. The second-order valence-corrected chi connectivity index (χ2v) is 5.46. The highest BCUT2D eigenvalue weighted by Crippen LogP contribution is 2.22. The summed E-state index contributed by atoms with van der Waals surface area (Å²) in [6.45, 7) is 4.46. The van der Waals surface area contributed by atoms with E-state index in [1.807, 2.05) is 26.0 Å². The first-order valence-electron chi connectivity index (χ1n) is 6.11. The monoisotopic (exact) mass is 321 g/mol. The maximum absolute atomic E-state index is 12.5. The quantitative estimate of drug-likeness (QED) is 0.881. The number of aromatic nitrogens is 2. The van der Waals surface area contributed by atoms with Gasteiger partial charge in [-0.05, 0) is 35.3 Å². The van der Waals surface area contributed by atoms with E-state index in [2.05, 4.69) is 21.0 Å². The molecule has 0 aliphatic rings. The summed E-state index contributed by atoms with van der Waals surface area (Å²) < 4.78 is 2.44. The molecule has 0 radical (unpaired) electrons. The van der Waals surface area contributed by atoms with Gasteiger partial charge >= 0.3 is 0 Å². The van der Waals surface area contributed by atoms with Gasteiger partial charge in [0.15, 0.2) is 0 Å². The molecule has 4 nitrogen and oxygen atoms in total. The third-order valence-corrected chi connectivity index (χ3v) is 3.49. The van der Waals surface area contributed by atoms with E-state index in [4.69, 9.17) is 5.73 Å². The van der Waals surface area contributed by atoms with Crippen LogP contribution in [0.1, 0.15) is 41.5 Å². The predicted molar refractivity (Wildman–Crippen MR) is 78.1 cm³/mol. The number of rotatable bonds is 4. The molecule has 2 rings (SSSR count). The molecule has 0 amide bonds. The van der Waals surface area contributed by atoms with E-state index < -0.39 is 0 Å². The Morgan fingerprint density at radius 3 is 2.53 bits per heavy atom. The Morgan fingerprint density at radius 1 is 1.37 bits per heavy atom. The molecule has 1 heterocycles. The molecule has 1 aromatic carbocycles. The molecule has 19 heavy (non-hydrogen) atoms. The van der Waals surface area contributed by atoms with Crippen molar-refractivity contribution in [3.05, 3.63) is 51.8 Å². The first kappa shape index (κ1) is 14.0. The van der Waals surface area contributed by atoms with Crippen LogP contribution in [0.4, 0.5) is 0 Å². The van der Waals surface area contributed by atoms with Gasteiger partial charge in [0.25, 0.3) is 0 Å². The molecule has 0 aliphatic carbocycles. The van der Waals surface area contributed by atoms with E-state index in [0.29, 0.717) is 22.3 Å². The molecule has 0 saturated heterocycles. The van der Waals surface area contributed by atoms with E-state index >= 15 is 0 Å². The smallest absolute Gasteiger partial charge is 0.212 e. The Bertz CT molecular complexity index is 587. The van der Waals surface area contributed by atoms with Gasteiger partial charge in [-0.2, -0.15) is 5.10 Å². The van der Waals surface area contributed by atoms with Crippen LogP contribution in [-0.2, 0) is 6.54 Å². The van der Waals surface area contributed by atoms with Crippen LogP contribution in [0.2, 0.25) is 0 Å². The molecule has 0 saturated carbocycles. The van der Waals surface area contributed by atoms with Crippen molar-refractivity contribution >= 4 is 21.7 Å². The zero-order valence-corrected chi connectivity index (χ0v) is 12.5. The molecular formula is C14H16BrN3O. The molecule has 5 heteroatoms. The van der Waals surface area contributed by atoms with Gasteiger partial charge in [0.05, 0.1) is 10.7 Å². The van der Waals surface area contributed by atoms with Crippen LogP contribution in [0.25, 0.3) is 0 Å². The lowest BCUT2D eigenvalue weighted by molar-refractivity contribution is 0.102. The van der Waals surface area contributed by atoms with Crippen molar-refractivity contribution in [2.45, 2.75) is 26.4 Å². The van der Waals surface area contributed by atoms with Crippen LogP contribution < -0.4 is 5.73 Å². The first-order chi connectivity index (χ1) is 9.04.